The number of halogens is 1. The van der Waals surface area contributed by atoms with Gasteiger partial charge < -0.3 is 0 Å². The van der Waals surface area contributed by atoms with Crippen LogP contribution in [0.4, 0.5) is 0 Å². The summed E-state index contributed by atoms with van der Waals surface area (Å²) in [5.74, 6) is 0. The van der Waals surface area contributed by atoms with Gasteiger partial charge in [-0.25, -0.2) is 0 Å². The van der Waals surface area contributed by atoms with E-state index in [0.717, 1.165) is 18.0 Å². The molecule has 0 saturated carbocycles. The summed E-state index contributed by atoms with van der Waals surface area (Å²) in [7, 11) is 0. The molecule has 0 N–H and O–H groups in total. The normalized spacial score (nSPS) is 15.7. The topological polar surface area (TPSA) is 3.24 Å². The first-order valence-electron chi connectivity index (χ1n) is 7.34. The Morgan fingerprint density at radius 1 is 0.750 bits per heavy atom. The van der Waals surface area contributed by atoms with Gasteiger partial charge in [0.1, 0.15) is 0 Å². The van der Waals surface area contributed by atoms with Crippen LogP contribution in [0.15, 0.2) is 48.5 Å². The Hall–Kier alpha value is -1.31. The van der Waals surface area contributed by atoms with Crippen molar-refractivity contribution < 1.29 is 0 Å². The fourth-order valence-electron chi connectivity index (χ4n) is 2.80. The summed E-state index contributed by atoms with van der Waals surface area (Å²) < 4.78 is 0. The van der Waals surface area contributed by atoms with Gasteiger partial charge in [0.05, 0.1) is 0 Å². The highest BCUT2D eigenvalue weighted by Crippen LogP contribution is 2.16. The average molecular weight is 286 g/mol. The number of hydrogen-bond acceptors (Lipinski definition) is 1. The monoisotopic (exact) mass is 285 g/mol. The van der Waals surface area contributed by atoms with Crippen LogP contribution in [0, 0.1) is 0 Å². The van der Waals surface area contributed by atoms with Gasteiger partial charge in [0.2, 0.25) is 0 Å². The fraction of sp³-hybridized carbons (Fsp3) is 0.333. The van der Waals surface area contributed by atoms with E-state index in [-0.39, 0.29) is 0 Å². The Balaban J connectivity index is 1.62. The average Bonchev–Trinajstić information content (AvgIpc) is 2.96. The van der Waals surface area contributed by atoms with Gasteiger partial charge in [0.25, 0.3) is 0 Å². The Morgan fingerprint density at radius 3 is 1.85 bits per heavy atom. The maximum Gasteiger partial charge on any atom is 0.0406 e. The molecular weight excluding hydrogens is 266 g/mol. The minimum atomic E-state index is 0.801. The van der Waals surface area contributed by atoms with E-state index in [1.807, 2.05) is 12.1 Å². The highest BCUT2D eigenvalue weighted by molar-refractivity contribution is 6.30. The molecular formula is C18H20ClN. The van der Waals surface area contributed by atoms with Crippen LogP contribution in [0.2, 0.25) is 5.02 Å². The van der Waals surface area contributed by atoms with Crippen LogP contribution >= 0.6 is 11.6 Å². The van der Waals surface area contributed by atoms with Gasteiger partial charge in [0.15, 0.2) is 0 Å². The largest absolute Gasteiger partial charge is 0.299 e. The third-order valence-corrected chi connectivity index (χ3v) is 4.20. The second kappa shape index (κ2) is 6.43. The fourth-order valence-corrected chi connectivity index (χ4v) is 2.93. The summed E-state index contributed by atoms with van der Waals surface area (Å²) in [6.45, 7) is 3.61. The van der Waals surface area contributed by atoms with Crippen molar-refractivity contribution in [2.24, 2.45) is 0 Å². The van der Waals surface area contributed by atoms with E-state index in [9.17, 15) is 0 Å². The zero-order chi connectivity index (χ0) is 13.8. The Bertz CT molecular complexity index is 539. The van der Waals surface area contributed by atoms with Crippen LogP contribution in [0.1, 0.15) is 29.5 Å². The smallest absolute Gasteiger partial charge is 0.0406 e. The second-order valence-corrected chi connectivity index (χ2v) is 6.04. The van der Waals surface area contributed by atoms with E-state index in [1.165, 1.54) is 42.6 Å². The van der Waals surface area contributed by atoms with Gasteiger partial charge in [-0.3, -0.25) is 4.90 Å². The molecule has 1 aliphatic heterocycles. The van der Waals surface area contributed by atoms with Crippen molar-refractivity contribution in [2.75, 3.05) is 13.1 Å². The van der Waals surface area contributed by atoms with Crippen LogP contribution in [0.5, 0.6) is 0 Å². The Kier molecular flexibility index (Phi) is 4.39. The standard InChI is InChI=1S/C18H20ClN/c19-18-9-7-16(8-10-18)13-15-3-5-17(6-4-15)14-20-11-1-2-12-20/h3-10H,1-2,11-14H2. The second-order valence-electron chi connectivity index (χ2n) is 5.60. The molecule has 2 aromatic carbocycles. The predicted molar refractivity (Wildman–Crippen MR) is 85.2 cm³/mol. The molecule has 1 nitrogen and oxygen atoms in total. The summed E-state index contributed by atoms with van der Waals surface area (Å²) in [5, 5.41) is 0.801. The van der Waals surface area contributed by atoms with E-state index in [1.54, 1.807) is 0 Å². The molecule has 0 atom stereocenters. The lowest BCUT2D eigenvalue weighted by molar-refractivity contribution is 0.331. The lowest BCUT2D eigenvalue weighted by Gasteiger charge is -2.14. The maximum atomic E-state index is 5.91. The summed E-state index contributed by atoms with van der Waals surface area (Å²) >= 11 is 5.91. The molecule has 2 heteroatoms. The summed E-state index contributed by atoms with van der Waals surface area (Å²) in [6.07, 6.45) is 3.68. The molecule has 0 amide bonds. The highest BCUT2D eigenvalue weighted by Gasteiger charge is 2.11. The number of hydrogen-bond donors (Lipinski definition) is 0. The van der Waals surface area contributed by atoms with Gasteiger partial charge in [-0.15, -0.1) is 0 Å². The van der Waals surface area contributed by atoms with E-state index in [4.69, 9.17) is 11.6 Å². The van der Waals surface area contributed by atoms with Gasteiger partial charge in [-0.1, -0.05) is 48.0 Å². The van der Waals surface area contributed by atoms with E-state index >= 15 is 0 Å². The van der Waals surface area contributed by atoms with Crippen molar-refractivity contribution >= 4 is 11.6 Å². The van der Waals surface area contributed by atoms with Gasteiger partial charge >= 0.3 is 0 Å². The third kappa shape index (κ3) is 3.62. The van der Waals surface area contributed by atoms with Crippen molar-refractivity contribution in [3.05, 3.63) is 70.2 Å². The molecule has 104 valence electrons. The quantitative estimate of drug-likeness (QED) is 0.798. The molecule has 0 bridgehead atoms. The van der Waals surface area contributed by atoms with Gasteiger partial charge in [-0.05, 0) is 61.2 Å². The first-order valence-corrected chi connectivity index (χ1v) is 7.72. The molecule has 0 aliphatic carbocycles. The minimum Gasteiger partial charge on any atom is -0.299 e. The maximum absolute atomic E-state index is 5.91. The zero-order valence-electron chi connectivity index (χ0n) is 11.7. The number of rotatable bonds is 4. The van der Waals surface area contributed by atoms with Crippen LogP contribution in [0.3, 0.4) is 0 Å². The number of likely N-dealkylation sites (tertiary alicyclic amines) is 1. The molecule has 2 aromatic rings. The van der Waals surface area contributed by atoms with Gasteiger partial charge in [-0.2, -0.15) is 0 Å². The molecule has 3 rings (SSSR count). The molecule has 20 heavy (non-hydrogen) atoms. The summed E-state index contributed by atoms with van der Waals surface area (Å²) in [5.41, 5.74) is 4.09. The molecule has 0 unspecified atom stereocenters. The van der Waals surface area contributed by atoms with Crippen molar-refractivity contribution in [2.45, 2.75) is 25.8 Å². The Labute approximate surface area is 126 Å². The van der Waals surface area contributed by atoms with Crippen molar-refractivity contribution in [1.82, 2.24) is 4.90 Å². The first kappa shape index (κ1) is 13.7. The molecule has 1 fully saturated rings. The van der Waals surface area contributed by atoms with Crippen molar-refractivity contribution in [3.63, 3.8) is 0 Å². The van der Waals surface area contributed by atoms with E-state index in [0.29, 0.717) is 0 Å². The molecule has 1 saturated heterocycles. The van der Waals surface area contributed by atoms with Crippen molar-refractivity contribution in [3.8, 4) is 0 Å². The zero-order valence-corrected chi connectivity index (χ0v) is 12.4. The Morgan fingerprint density at radius 2 is 1.25 bits per heavy atom. The van der Waals surface area contributed by atoms with Crippen LogP contribution < -0.4 is 0 Å². The minimum absolute atomic E-state index is 0.801. The van der Waals surface area contributed by atoms with Gasteiger partial charge in [0, 0.05) is 11.6 Å². The summed E-state index contributed by atoms with van der Waals surface area (Å²) in [4.78, 5) is 2.54. The molecule has 0 radical (unpaired) electrons. The first-order chi connectivity index (χ1) is 9.79. The third-order valence-electron chi connectivity index (χ3n) is 3.95. The van der Waals surface area contributed by atoms with Crippen molar-refractivity contribution in [1.29, 1.82) is 0 Å². The lowest BCUT2D eigenvalue weighted by atomic mass is 10.0. The SMILES string of the molecule is Clc1ccc(Cc2ccc(CN3CCCC3)cc2)cc1. The molecule has 1 heterocycles. The number of benzene rings is 2. The summed E-state index contributed by atoms with van der Waals surface area (Å²) in [6, 6.07) is 17.1. The molecule has 0 spiro atoms. The van der Waals surface area contributed by atoms with Crippen LogP contribution in [0.25, 0.3) is 0 Å². The number of nitrogens with zero attached hydrogens (tertiary/aromatic N) is 1. The van der Waals surface area contributed by atoms with E-state index < -0.39 is 0 Å². The highest BCUT2D eigenvalue weighted by atomic mass is 35.5. The molecule has 0 aromatic heterocycles. The predicted octanol–water partition coefficient (Wildman–Crippen LogP) is 4.53. The van der Waals surface area contributed by atoms with E-state index in [2.05, 4.69) is 41.3 Å². The molecule has 1 aliphatic rings. The van der Waals surface area contributed by atoms with Crippen LogP contribution in [-0.4, -0.2) is 18.0 Å². The van der Waals surface area contributed by atoms with Crippen LogP contribution in [-0.2, 0) is 13.0 Å². The lowest BCUT2D eigenvalue weighted by Crippen LogP contribution is -2.18.